The van der Waals surface area contributed by atoms with Crippen LogP contribution >= 0.6 is 11.6 Å². The average molecular weight is 347 g/mol. The maximum atomic E-state index is 11.1. The van der Waals surface area contributed by atoms with Gasteiger partial charge in [0.15, 0.2) is 0 Å². The summed E-state index contributed by atoms with van der Waals surface area (Å²) < 4.78 is 0. The zero-order valence-electron chi connectivity index (χ0n) is 13.9. The molecule has 1 fully saturated rings. The molecule has 1 amide bonds. The average Bonchev–Trinajstić information content (AvgIpc) is 3.02. The van der Waals surface area contributed by atoms with Gasteiger partial charge in [0.1, 0.15) is 0 Å². The van der Waals surface area contributed by atoms with Crippen LogP contribution in [0.1, 0.15) is 25.3 Å². The van der Waals surface area contributed by atoms with E-state index in [2.05, 4.69) is 20.4 Å². The molecule has 2 N–H and O–H groups in total. The maximum absolute atomic E-state index is 11.1. The Morgan fingerprint density at radius 1 is 1.42 bits per heavy atom. The van der Waals surface area contributed by atoms with E-state index in [1.54, 1.807) is 6.92 Å². The van der Waals surface area contributed by atoms with Crippen LogP contribution in [0.4, 0.5) is 0 Å². The highest BCUT2D eigenvalue weighted by atomic mass is 35.5. The number of benzene rings is 1. The Balaban J connectivity index is 1.65. The smallest absolute Gasteiger partial charge is 0.216 e. The second-order valence-electron chi connectivity index (χ2n) is 6.46. The predicted octanol–water partition coefficient (Wildman–Crippen LogP) is 3.08. The highest BCUT2D eigenvalue weighted by Gasteiger charge is 2.21. The monoisotopic (exact) mass is 346 g/mol. The molecule has 1 aliphatic rings. The number of hydrogen-bond donors (Lipinski definition) is 2. The normalized spacial score (nSPS) is 18.5. The van der Waals surface area contributed by atoms with E-state index >= 15 is 0 Å². The van der Waals surface area contributed by atoms with E-state index in [0.29, 0.717) is 5.92 Å². The van der Waals surface area contributed by atoms with Crippen LogP contribution in [0.3, 0.4) is 0 Å². The Morgan fingerprint density at radius 2 is 2.21 bits per heavy atom. The number of likely N-dealkylation sites (tertiary alicyclic amines) is 1. The van der Waals surface area contributed by atoms with Crippen molar-refractivity contribution in [3.63, 3.8) is 0 Å². The first-order valence-electron chi connectivity index (χ1n) is 8.37. The van der Waals surface area contributed by atoms with Gasteiger partial charge >= 0.3 is 0 Å². The van der Waals surface area contributed by atoms with E-state index in [1.165, 1.54) is 18.4 Å². The zero-order valence-corrected chi connectivity index (χ0v) is 14.6. The second-order valence-corrected chi connectivity index (χ2v) is 6.89. The Kier molecular flexibility index (Phi) is 5.53. The van der Waals surface area contributed by atoms with E-state index in [4.69, 9.17) is 11.6 Å². The molecule has 0 spiro atoms. The number of nitrogens with zero attached hydrogens (tertiary/aromatic N) is 2. The van der Waals surface area contributed by atoms with Crippen molar-refractivity contribution in [2.24, 2.45) is 5.92 Å². The van der Waals surface area contributed by atoms with E-state index in [0.717, 1.165) is 42.5 Å². The number of rotatable bonds is 5. The molecule has 1 atom stereocenters. The number of halogens is 1. The number of nitrogens with one attached hydrogen (secondary N) is 2. The summed E-state index contributed by atoms with van der Waals surface area (Å²) in [5.74, 6) is 0.570. The lowest BCUT2D eigenvalue weighted by molar-refractivity contribution is -0.119. The molecule has 0 saturated carbocycles. The Bertz CT molecular complexity index is 683. The fraction of sp³-hybridized carbons (Fsp3) is 0.444. The Hall–Kier alpha value is -1.85. The van der Waals surface area contributed by atoms with Gasteiger partial charge in [0.2, 0.25) is 5.91 Å². The fourth-order valence-corrected chi connectivity index (χ4v) is 3.41. The lowest BCUT2D eigenvalue weighted by Crippen LogP contribution is -2.40. The molecule has 2 heterocycles. The van der Waals surface area contributed by atoms with Gasteiger partial charge < -0.3 is 5.32 Å². The number of H-pyrrole nitrogens is 1. The molecule has 0 bridgehead atoms. The molecule has 3 rings (SSSR count). The zero-order chi connectivity index (χ0) is 16.9. The van der Waals surface area contributed by atoms with Crippen LogP contribution < -0.4 is 5.32 Å². The highest BCUT2D eigenvalue weighted by Crippen LogP contribution is 2.25. The number of amides is 1. The molecule has 0 aliphatic carbocycles. The first-order valence-corrected chi connectivity index (χ1v) is 8.74. The first-order chi connectivity index (χ1) is 11.6. The standard InChI is InChI=1S/C18H23ClN4O/c1-13(24)20-9-14-3-2-8-23(11-14)12-16-10-21-22-18(16)15-4-6-17(19)7-5-15/h4-7,10,14H,2-3,8-9,11-12H2,1H3,(H,20,24)(H,21,22). The van der Waals surface area contributed by atoms with Gasteiger partial charge in [0.25, 0.3) is 0 Å². The second kappa shape index (κ2) is 7.81. The topological polar surface area (TPSA) is 61.0 Å². The van der Waals surface area contributed by atoms with Crippen LogP contribution in [-0.2, 0) is 11.3 Å². The summed E-state index contributed by atoms with van der Waals surface area (Å²) in [4.78, 5) is 13.5. The van der Waals surface area contributed by atoms with Crippen LogP contribution in [0.15, 0.2) is 30.5 Å². The molecular weight excluding hydrogens is 324 g/mol. The minimum Gasteiger partial charge on any atom is -0.356 e. The highest BCUT2D eigenvalue weighted by molar-refractivity contribution is 6.30. The predicted molar refractivity (Wildman–Crippen MR) is 95.7 cm³/mol. The van der Waals surface area contributed by atoms with Crippen LogP contribution in [0.5, 0.6) is 0 Å². The van der Waals surface area contributed by atoms with Crippen molar-refractivity contribution in [3.05, 3.63) is 41.0 Å². The molecular formula is C18H23ClN4O. The van der Waals surface area contributed by atoms with E-state index in [-0.39, 0.29) is 5.91 Å². The molecule has 1 aromatic carbocycles. The van der Waals surface area contributed by atoms with Gasteiger partial charge in [-0.05, 0) is 43.0 Å². The minimum absolute atomic E-state index is 0.0481. The molecule has 6 heteroatoms. The third kappa shape index (κ3) is 4.36. The van der Waals surface area contributed by atoms with Crippen molar-refractivity contribution in [2.75, 3.05) is 19.6 Å². The minimum atomic E-state index is 0.0481. The van der Waals surface area contributed by atoms with Gasteiger partial charge in [0, 0.05) is 37.1 Å². The van der Waals surface area contributed by atoms with Crippen molar-refractivity contribution < 1.29 is 4.79 Å². The third-order valence-corrected chi connectivity index (χ3v) is 4.74. The maximum Gasteiger partial charge on any atom is 0.216 e. The van der Waals surface area contributed by atoms with Gasteiger partial charge in [0.05, 0.1) is 11.9 Å². The SMILES string of the molecule is CC(=O)NCC1CCCN(Cc2cn[nH]c2-c2ccc(Cl)cc2)C1. The Morgan fingerprint density at radius 3 is 2.96 bits per heavy atom. The quantitative estimate of drug-likeness (QED) is 0.874. The molecule has 1 unspecified atom stereocenters. The number of carbonyl (C=O) groups is 1. The number of piperidine rings is 1. The van der Waals surface area contributed by atoms with E-state index < -0.39 is 0 Å². The van der Waals surface area contributed by atoms with Gasteiger partial charge in [-0.3, -0.25) is 14.8 Å². The van der Waals surface area contributed by atoms with Crippen LogP contribution in [0.25, 0.3) is 11.3 Å². The van der Waals surface area contributed by atoms with Crippen molar-refractivity contribution in [1.82, 2.24) is 20.4 Å². The molecule has 1 aliphatic heterocycles. The summed E-state index contributed by atoms with van der Waals surface area (Å²) in [5.41, 5.74) is 3.34. The summed E-state index contributed by atoms with van der Waals surface area (Å²) in [6, 6.07) is 7.81. The molecule has 5 nitrogen and oxygen atoms in total. The third-order valence-electron chi connectivity index (χ3n) is 4.49. The molecule has 128 valence electrons. The lowest BCUT2D eigenvalue weighted by Gasteiger charge is -2.32. The summed E-state index contributed by atoms with van der Waals surface area (Å²) in [6.07, 6.45) is 4.24. The molecule has 24 heavy (non-hydrogen) atoms. The number of aromatic nitrogens is 2. The van der Waals surface area contributed by atoms with Crippen molar-refractivity contribution >= 4 is 17.5 Å². The molecule has 2 aromatic rings. The first kappa shape index (κ1) is 17.0. The summed E-state index contributed by atoms with van der Waals surface area (Å²) >= 11 is 5.97. The Labute approximate surface area is 147 Å². The van der Waals surface area contributed by atoms with Gasteiger partial charge in [-0.1, -0.05) is 23.7 Å². The largest absolute Gasteiger partial charge is 0.356 e. The lowest BCUT2D eigenvalue weighted by atomic mass is 9.97. The fourth-order valence-electron chi connectivity index (χ4n) is 3.29. The number of aromatic amines is 1. The van der Waals surface area contributed by atoms with Crippen molar-refractivity contribution in [3.8, 4) is 11.3 Å². The van der Waals surface area contributed by atoms with Gasteiger partial charge in [-0.25, -0.2) is 0 Å². The van der Waals surface area contributed by atoms with Crippen molar-refractivity contribution in [1.29, 1.82) is 0 Å². The summed E-state index contributed by atoms with van der Waals surface area (Å²) in [5, 5.41) is 11.0. The van der Waals surface area contributed by atoms with Crippen LogP contribution in [0.2, 0.25) is 5.02 Å². The molecule has 0 radical (unpaired) electrons. The van der Waals surface area contributed by atoms with Crippen molar-refractivity contribution in [2.45, 2.75) is 26.3 Å². The van der Waals surface area contributed by atoms with E-state index in [1.807, 2.05) is 30.5 Å². The van der Waals surface area contributed by atoms with Crippen LogP contribution in [-0.4, -0.2) is 40.6 Å². The number of carbonyl (C=O) groups excluding carboxylic acids is 1. The molecule has 1 aromatic heterocycles. The van der Waals surface area contributed by atoms with E-state index in [9.17, 15) is 4.79 Å². The molecule has 1 saturated heterocycles. The van der Waals surface area contributed by atoms with Gasteiger partial charge in [-0.15, -0.1) is 0 Å². The van der Waals surface area contributed by atoms with Crippen LogP contribution in [0, 0.1) is 5.92 Å². The summed E-state index contributed by atoms with van der Waals surface area (Å²) in [6.45, 7) is 5.30. The summed E-state index contributed by atoms with van der Waals surface area (Å²) in [7, 11) is 0. The number of hydrogen-bond acceptors (Lipinski definition) is 3. The van der Waals surface area contributed by atoms with Gasteiger partial charge in [-0.2, -0.15) is 5.10 Å².